The molecule has 1 aromatic rings. The molecular weight excluding hydrogens is 302 g/mol. The van der Waals surface area contributed by atoms with E-state index >= 15 is 0 Å². The van der Waals surface area contributed by atoms with Gasteiger partial charge in [-0.3, -0.25) is 4.79 Å². The molecule has 1 heterocycles. The lowest BCUT2D eigenvalue weighted by atomic mass is 9.93. The minimum atomic E-state index is -0.747. The van der Waals surface area contributed by atoms with Crippen LogP contribution in [0.3, 0.4) is 0 Å². The van der Waals surface area contributed by atoms with E-state index < -0.39 is 11.4 Å². The van der Waals surface area contributed by atoms with Gasteiger partial charge < -0.3 is 10.0 Å². The molecule has 1 rings (SSSR count). The van der Waals surface area contributed by atoms with Crippen LogP contribution in [0.1, 0.15) is 18.7 Å². The predicted molar refractivity (Wildman–Crippen MR) is 74.6 cm³/mol. The van der Waals surface area contributed by atoms with Gasteiger partial charge in [-0.25, -0.2) is 0 Å². The van der Waals surface area contributed by atoms with E-state index in [-0.39, 0.29) is 0 Å². The smallest absolute Gasteiger partial charge is 0.310 e. The predicted octanol–water partition coefficient (Wildman–Crippen LogP) is 3.10. The summed E-state index contributed by atoms with van der Waals surface area (Å²) in [6.07, 6.45) is 0.961. The zero-order chi connectivity index (χ0) is 13.1. The van der Waals surface area contributed by atoms with Crippen LogP contribution in [0.15, 0.2) is 15.9 Å². The highest BCUT2D eigenvalue weighted by molar-refractivity contribution is 9.11. The van der Waals surface area contributed by atoms with E-state index in [2.05, 4.69) is 26.9 Å². The highest BCUT2D eigenvalue weighted by Crippen LogP contribution is 2.23. The number of carboxylic acid groups (broad SMARTS) is 1. The van der Waals surface area contributed by atoms with Gasteiger partial charge in [0.25, 0.3) is 0 Å². The lowest BCUT2D eigenvalue weighted by Crippen LogP contribution is -2.38. The fourth-order valence-electron chi connectivity index (χ4n) is 1.61. The summed E-state index contributed by atoms with van der Waals surface area (Å²) in [7, 11) is 1.97. The maximum atomic E-state index is 11.0. The molecule has 0 saturated heterocycles. The quantitative estimate of drug-likeness (QED) is 0.876. The zero-order valence-corrected chi connectivity index (χ0v) is 12.8. The summed E-state index contributed by atoms with van der Waals surface area (Å²) in [6, 6.07) is 4.14. The van der Waals surface area contributed by atoms with E-state index in [0.29, 0.717) is 6.54 Å². The Morgan fingerprint density at radius 3 is 2.65 bits per heavy atom. The first-order chi connectivity index (χ1) is 7.81. The van der Waals surface area contributed by atoms with Gasteiger partial charge in [-0.1, -0.05) is 0 Å². The molecule has 1 aromatic heterocycles. The topological polar surface area (TPSA) is 40.5 Å². The molecule has 0 bridgehead atoms. The number of likely N-dealkylation sites (N-methyl/N-ethyl adjacent to an activating group) is 1. The molecule has 1 N–H and O–H groups in total. The van der Waals surface area contributed by atoms with Crippen molar-refractivity contribution >= 4 is 33.2 Å². The normalized spacial score (nSPS) is 12.1. The number of carboxylic acids is 1. The van der Waals surface area contributed by atoms with E-state index in [9.17, 15) is 4.79 Å². The van der Waals surface area contributed by atoms with Crippen molar-refractivity contribution in [3.8, 4) is 0 Å². The van der Waals surface area contributed by atoms with Gasteiger partial charge in [0, 0.05) is 18.0 Å². The highest BCUT2D eigenvalue weighted by Gasteiger charge is 2.28. The van der Waals surface area contributed by atoms with Crippen LogP contribution in [-0.4, -0.2) is 36.1 Å². The lowest BCUT2D eigenvalue weighted by Gasteiger charge is -2.26. The lowest BCUT2D eigenvalue weighted by molar-refractivity contribution is -0.147. The molecule has 0 amide bonds. The third kappa shape index (κ3) is 4.77. The number of aliphatic carboxylic acids is 1. The van der Waals surface area contributed by atoms with Gasteiger partial charge in [-0.05, 0) is 55.4 Å². The Morgan fingerprint density at radius 2 is 2.18 bits per heavy atom. The van der Waals surface area contributed by atoms with Gasteiger partial charge in [0.2, 0.25) is 0 Å². The number of thiophene rings is 1. The van der Waals surface area contributed by atoms with Crippen molar-refractivity contribution in [2.45, 2.75) is 20.3 Å². The summed E-state index contributed by atoms with van der Waals surface area (Å²) in [5.41, 5.74) is -0.690. The number of nitrogens with zero attached hydrogens (tertiary/aromatic N) is 1. The molecule has 0 saturated carbocycles. The van der Waals surface area contributed by atoms with Crippen molar-refractivity contribution < 1.29 is 9.90 Å². The fourth-order valence-corrected chi connectivity index (χ4v) is 3.08. The number of carbonyl (C=O) groups is 1. The van der Waals surface area contributed by atoms with Crippen LogP contribution in [0.2, 0.25) is 0 Å². The van der Waals surface area contributed by atoms with Crippen molar-refractivity contribution in [3.63, 3.8) is 0 Å². The van der Waals surface area contributed by atoms with E-state index in [1.54, 1.807) is 25.2 Å². The first-order valence-electron chi connectivity index (χ1n) is 5.47. The van der Waals surface area contributed by atoms with Crippen molar-refractivity contribution in [3.05, 3.63) is 20.8 Å². The summed E-state index contributed by atoms with van der Waals surface area (Å²) in [6.45, 7) is 4.96. The van der Waals surface area contributed by atoms with Crippen molar-refractivity contribution in [2.24, 2.45) is 5.41 Å². The molecule has 3 nitrogen and oxygen atoms in total. The summed E-state index contributed by atoms with van der Waals surface area (Å²) in [5.74, 6) is -0.747. The van der Waals surface area contributed by atoms with Gasteiger partial charge in [0.1, 0.15) is 0 Å². The molecule has 0 radical (unpaired) electrons. The molecule has 0 aliphatic carbocycles. The minimum absolute atomic E-state index is 0.564. The molecule has 0 unspecified atom stereocenters. The zero-order valence-electron chi connectivity index (χ0n) is 10.4. The second-order valence-electron chi connectivity index (χ2n) is 4.88. The Balaban J connectivity index is 2.40. The molecule has 5 heteroatoms. The van der Waals surface area contributed by atoms with Crippen LogP contribution < -0.4 is 0 Å². The molecule has 17 heavy (non-hydrogen) atoms. The molecule has 0 atom stereocenters. The first-order valence-corrected chi connectivity index (χ1v) is 7.08. The van der Waals surface area contributed by atoms with Crippen LogP contribution in [0, 0.1) is 5.41 Å². The number of hydrogen-bond donors (Lipinski definition) is 1. The van der Waals surface area contributed by atoms with E-state index in [4.69, 9.17) is 5.11 Å². The Kier molecular flexibility index (Phi) is 5.16. The Labute approximate surface area is 115 Å². The Bertz CT molecular complexity index is 390. The second kappa shape index (κ2) is 5.98. The summed E-state index contributed by atoms with van der Waals surface area (Å²) in [4.78, 5) is 14.4. The van der Waals surface area contributed by atoms with Gasteiger partial charge in [0.15, 0.2) is 0 Å². The van der Waals surface area contributed by atoms with Crippen LogP contribution in [-0.2, 0) is 11.2 Å². The third-order valence-electron chi connectivity index (χ3n) is 2.61. The SMILES string of the molecule is CN(CCc1ccc(Br)s1)CC(C)(C)C(=O)O. The molecule has 0 spiro atoms. The van der Waals surface area contributed by atoms with Gasteiger partial charge >= 0.3 is 5.97 Å². The van der Waals surface area contributed by atoms with Gasteiger partial charge in [0.05, 0.1) is 9.20 Å². The Morgan fingerprint density at radius 1 is 1.53 bits per heavy atom. The highest BCUT2D eigenvalue weighted by atomic mass is 79.9. The van der Waals surface area contributed by atoms with Gasteiger partial charge in [-0.2, -0.15) is 0 Å². The van der Waals surface area contributed by atoms with E-state index in [0.717, 1.165) is 16.8 Å². The van der Waals surface area contributed by atoms with Gasteiger partial charge in [-0.15, -0.1) is 11.3 Å². The average molecular weight is 320 g/mol. The van der Waals surface area contributed by atoms with Crippen molar-refractivity contribution in [1.29, 1.82) is 0 Å². The molecule has 0 fully saturated rings. The van der Waals surface area contributed by atoms with Crippen molar-refractivity contribution in [2.75, 3.05) is 20.1 Å². The fraction of sp³-hybridized carbons (Fsp3) is 0.583. The molecule has 96 valence electrons. The van der Waals surface area contributed by atoms with Crippen LogP contribution in [0.5, 0.6) is 0 Å². The summed E-state index contributed by atoms with van der Waals surface area (Å²) in [5, 5.41) is 9.05. The summed E-state index contributed by atoms with van der Waals surface area (Å²) >= 11 is 5.16. The standard InChI is InChI=1S/C12H18BrNO2S/c1-12(2,11(15)16)8-14(3)7-6-9-4-5-10(13)17-9/h4-5H,6-8H2,1-3H3,(H,15,16). The Hall–Kier alpha value is -0.390. The van der Waals surface area contributed by atoms with E-state index in [1.165, 1.54) is 4.88 Å². The monoisotopic (exact) mass is 319 g/mol. The molecule has 0 aliphatic rings. The summed E-state index contributed by atoms with van der Waals surface area (Å²) < 4.78 is 1.14. The third-order valence-corrected chi connectivity index (χ3v) is 4.30. The number of hydrogen-bond acceptors (Lipinski definition) is 3. The van der Waals surface area contributed by atoms with Crippen LogP contribution in [0.25, 0.3) is 0 Å². The van der Waals surface area contributed by atoms with Crippen LogP contribution in [0.4, 0.5) is 0 Å². The molecular formula is C12H18BrNO2S. The maximum absolute atomic E-state index is 11.0. The minimum Gasteiger partial charge on any atom is -0.481 e. The molecule has 0 aromatic carbocycles. The second-order valence-corrected chi connectivity index (χ2v) is 7.43. The average Bonchev–Trinajstić information content (AvgIpc) is 2.60. The maximum Gasteiger partial charge on any atom is 0.310 e. The van der Waals surface area contributed by atoms with Crippen LogP contribution >= 0.6 is 27.3 Å². The van der Waals surface area contributed by atoms with E-state index in [1.807, 2.05) is 13.1 Å². The largest absolute Gasteiger partial charge is 0.481 e. The number of rotatable bonds is 6. The van der Waals surface area contributed by atoms with Crippen molar-refractivity contribution in [1.82, 2.24) is 4.90 Å². The number of halogens is 1. The molecule has 0 aliphatic heterocycles. The first kappa shape index (κ1) is 14.7.